The van der Waals surface area contributed by atoms with E-state index in [1.807, 2.05) is 47.2 Å². The summed E-state index contributed by atoms with van der Waals surface area (Å²) in [6, 6.07) is 17.9. The molecule has 0 unspecified atom stereocenters. The Morgan fingerprint density at radius 3 is 2.66 bits per heavy atom. The number of aryl methyl sites for hydroxylation is 1. The molecule has 2 aromatic carbocycles. The maximum atomic E-state index is 13.3. The van der Waals surface area contributed by atoms with Crippen molar-refractivity contribution in [3.63, 3.8) is 0 Å². The van der Waals surface area contributed by atoms with Gasteiger partial charge in [0.1, 0.15) is 17.3 Å². The average molecular weight is 572 g/mol. The number of hydrogen-bond donors (Lipinski definition) is 1. The van der Waals surface area contributed by atoms with Crippen LogP contribution in [0.4, 0.5) is 0 Å². The molecule has 1 fully saturated rings. The van der Waals surface area contributed by atoms with Crippen LogP contribution >= 0.6 is 0 Å². The lowest BCUT2D eigenvalue weighted by Crippen LogP contribution is -2.40. The van der Waals surface area contributed by atoms with Gasteiger partial charge < -0.3 is 14.6 Å². The minimum atomic E-state index is -3.74. The van der Waals surface area contributed by atoms with E-state index in [4.69, 9.17) is 9.84 Å². The molecule has 0 aliphatic carbocycles. The number of ether oxygens (including phenoxy) is 1. The number of amides is 1. The summed E-state index contributed by atoms with van der Waals surface area (Å²) in [6.45, 7) is 2.32. The molecule has 0 saturated carbocycles. The molecular formula is C29H29N7O4S. The number of nitriles is 1. The third-order valence-corrected chi connectivity index (χ3v) is 8.48. The number of nitrogens with zero attached hydrogens (tertiary/aromatic N) is 6. The second kappa shape index (κ2) is 12.7. The van der Waals surface area contributed by atoms with E-state index in [0.29, 0.717) is 49.5 Å². The van der Waals surface area contributed by atoms with Crippen molar-refractivity contribution in [1.29, 1.82) is 5.26 Å². The second-order valence-electron chi connectivity index (χ2n) is 9.34. The van der Waals surface area contributed by atoms with E-state index in [2.05, 4.69) is 10.3 Å². The maximum absolute atomic E-state index is 13.3. The third kappa shape index (κ3) is 6.60. The summed E-state index contributed by atoms with van der Waals surface area (Å²) < 4.78 is 36.9. The molecule has 11 nitrogen and oxygen atoms in total. The first-order valence-corrected chi connectivity index (χ1v) is 14.6. The highest BCUT2D eigenvalue weighted by Crippen LogP contribution is 2.29. The fraction of sp³-hybridized carbons (Fsp3) is 0.241. The molecule has 41 heavy (non-hydrogen) atoms. The van der Waals surface area contributed by atoms with Crippen molar-refractivity contribution in [3.8, 4) is 23.0 Å². The molecule has 12 heteroatoms. The van der Waals surface area contributed by atoms with Crippen molar-refractivity contribution < 1.29 is 17.9 Å². The number of sulfonamides is 1. The van der Waals surface area contributed by atoms with Crippen LogP contribution < -0.4 is 5.32 Å². The van der Waals surface area contributed by atoms with E-state index in [0.717, 1.165) is 5.69 Å². The Bertz CT molecular complexity index is 1670. The van der Waals surface area contributed by atoms with Crippen molar-refractivity contribution in [2.24, 2.45) is 0 Å². The highest BCUT2D eigenvalue weighted by Gasteiger charge is 2.27. The molecule has 0 radical (unpaired) electrons. The van der Waals surface area contributed by atoms with Crippen LogP contribution in [-0.4, -0.2) is 70.8 Å². The molecule has 1 amide bonds. The summed E-state index contributed by atoms with van der Waals surface area (Å²) in [4.78, 5) is 17.0. The number of imidazole rings is 1. The minimum absolute atomic E-state index is 0.0846. The molecule has 1 N–H and O–H groups in total. The number of aromatic nitrogens is 4. The van der Waals surface area contributed by atoms with Gasteiger partial charge in [0.2, 0.25) is 10.0 Å². The number of para-hydroxylation sites is 1. The summed E-state index contributed by atoms with van der Waals surface area (Å²) in [6.07, 6.45) is 9.11. The van der Waals surface area contributed by atoms with Gasteiger partial charge in [-0.3, -0.25) is 4.79 Å². The SMILES string of the molecule is N#C/C(=C\c1cn(-c2ccccc2)nc1-c1cccc(S(=O)(=O)N2CCOCC2)c1)C(=O)NCCCn1ccnc1. The van der Waals surface area contributed by atoms with Crippen LogP contribution in [0.15, 0.2) is 90.0 Å². The molecule has 1 saturated heterocycles. The number of carbonyl (C=O) groups is 1. The Kier molecular flexibility index (Phi) is 8.69. The van der Waals surface area contributed by atoms with E-state index in [-0.39, 0.29) is 23.6 Å². The quantitative estimate of drug-likeness (QED) is 0.176. The fourth-order valence-corrected chi connectivity index (χ4v) is 5.91. The van der Waals surface area contributed by atoms with E-state index in [1.165, 1.54) is 10.4 Å². The normalized spacial score (nSPS) is 14.5. The molecule has 5 rings (SSSR count). The molecule has 3 heterocycles. The number of hydrogen-bond acceptors (Lipinski definition) is 7. The van der Waals surface area contributed by atoms with Crippen LogP contribution in [0.2, 0.25) is 0 Å². The van der Waals surface area contributed by atoms with Gasteiger partial charge in [0.25, 0.3) is 5.91 Å². The Balaban J connectivity index is 1.45. The first-order chi connectivity index (χ1) is 20.0. The number of morpholine rings is 1. The van der Waals surface area contributed by atoms with Gasteiger partial charge in [-0.2, -0.15) is 14.7 Å². The number of rotatable bonds is 10. The van der Waals surface area contributed by atoms with Crippen LogP contribution in [0.1, 0.15) is 12.0 Å². The van der Waals surface area contributed by atoms with Crippen molar-refractivity contribution in [1.82, 2.24) is 29.0 Å². The van der Waals surface area contributed by atoms with Crippen molar-refractivity contribution in [3.05, 3.63) is 90.7 Å². The molecule has 0 bridgehead atoms. The first-order valence-electron chi connectivity index (χ1n) is 13.1. The van der Waals surface area contributed by atoms with Crippen molar-refractivity contribution in [2.75, 3.05) is 32.8 Å². The highest BCUT2D eigenvalue weighted by atomic mass is 32.2. The Hall–Kier alpha value is -4.57. The fourth-order valence-electron chi connectivity index (χ4n) is 4.45. The van der Waals surface area contributed by atoms with Crippen molar-refractivity contribution >= 4 is 22.0 Å². The third-order valence-electron chi connectivity index (χ3n) is 6.58. The molecule has 0 atom stereocenters. The van der Waals surface area contributed by atoms with Gasteiger partial charge in [-0.25, -0.2) is 18.1 Å². The predicted octanol–water partition coefficient (Wildman–Crippen LogP) is 2.87. The van der Waals surface area contributed by atoms with Gasteiger partial charge in [0, 0.05) is 55.9 Å². The van der Waals surface area contributed by atoms with Gasteiger partial charge in [-0.1, -0.05) is 30.3 Å². The van der Waals surface area contributed by atoms with Gasteiger partial charge in [0.05, 0.1) is 30.1 Å². The van der Waals surface area contributed by atoms with Gasteiger partial charge >= 0.3 is 0 Å². The number of benzene rings is 2. The molecule has 1 aliphatic heterocycles. The standard InChI is InChI=1S/C29H29N7O4S/c30-20-24(29(37)32-10-5-12-34-13-11-31-22-34)18-25-21-36(26-7-2-1-3-8-26)33-28(25)23-6-4-9-27(19-23)41(38,39)35-14-16-40-17-15-35/h1-4,6-9,11,13,18-19,21-22H,5,10,12,14-17H2,(H,32,37)/b24-18+. The Morgan fingerprint density at radius 2 is 1.93 bits per heavy atom. The molecule has 4 aromatic rings. The average Bonchev–Trinajstić information content (AvgIpc) is 3.69. The summed E-state index contributed by atoms with van der Waals surface area (Å²) in [5, 5.41) is 17.4. The van der Waals surface area contributed by atoms with Gasteiger partial charge in [-0.15, -0.1) is 0 Å². The summed E-state index contributed by atoms with van der Waals surface area (Å²) >= 11 is 0. The largest absolute Gasteiger partial charge is 0.379 e. The number of carbonyl (C=O) groups excluding carboxylic acids is 1. The zero-order valence-electron chi connectivity index (χ0n) is 22.3. The lowest BCUT2D eigenvalue weighted by atomic mass is 10.1. The van der Waals surface area contributed by atoms with Crippen LogP contribution in [0, 0.1) is 11.3 Å². The Morgan fingerprint density at radius 1 is 1.12 bits per heavy atom. The highest BCUT2D eigenvalue weighted by molar-refractivity contribution is 7.89. The first kappa shape index (κ1) is 28.0. The second-order valence-corrected chi connectivity index (χ2v) is 11.3. The van der Waals surface area contributed by atoms with E-state index < -0.39 is 15.9 Å². The minimum Gasteiger partial charge on any atom is -0.379 e. The van der Waals surface area contributed by atoms with Gasteiger partial charge in [0.15, 0.2) is 0 Å². The maximum Gasteiger partial charge on any atom is 0.261 e. The predicted molar refractivity (Wildman–Crippen MR) is 152 cm³/mol. The molecular weight excluding hydrogens is 542 g/mol. The van der Waals surface area contributed by atoms with E-state index >= 15 is 0 Å². The zero-order chi connectivity index (χ0) is 28.7. The molecule has 1 aliphatic rings. The van der Waals surface area contributed by atoms with E-state index in [9.17, 15) is 18.5 Å². The van der Waals surface area contributed by atoms with Crippen LogP contribution in [0.25, 0.3) is 23.0 Å². The smallest absolute Gasteiger partial charge is 0.261 e. The molecule has 2 aromatic heterocycles. The van der Waals surface area contributed by atoms with Gasteiger partial charge in [-0.05, 0) is 36.8 Å². The van der Waals surface area contributed by atoms with Crippen LogP contribution in [-0.2, 0) is 26.1 Å². The topological polar surface area (TPSA) is 135 Å². The summed E-state index contributed by atoms with van der Waals surface area (Å²) in [5.74, 6) is -0.500. The summed E-state index contributed by atoms with van der Waals surface area (Å²) in [7, 11) is -3.74. The number of nitrogens with one attached hydrogen (secondary N) is 1. The van der Waals surface area contributed by atoms with Crippen LogP contribution in [0.5, 0.6) is 0 Å². The summed E-state index contributed by atoms with van der Waals surface area (Å²) in [5.41, 5.74) is 2.17. The lowest BCUT2D eigenvalue weighted by Gasteiger charge is -2.26. The monoisotopic (exact) mass is 571 g/mol. The lowest BCUT2D eigenvalue weighted by molar-refractivity contribution is -0.117. The zero-order valence-corrected chi connectivity index (χ0v) is 23.1. The van der Waals surface area contributed by atoms with E-state index in [1.54, 1.807) is 47.7 Å². The van der Waals surface area contributed by atoms with Crippen molar-refractivity contribution in [2.45, 2.75) is 17.9 Å². The molecule has 210 valence electrons. The Labute approximate surface area is 238 Å². The van der Waals surface area contributed by atoms with Crippen LogP contribution in [0.3, 0.4) is 0 Å². The molecule has 0 spiro atoms.